The molecule has 1 heteroatoms. The molecule has 0 saturated heterocycles. The van der Waals surface area contributed by atoms with E-state index in [1.54, 1.807) is 5.57 Å². The van der Waals surface area contributed by atoms with Crippen LogP contribution in [0.5, 0.6) is 0 Å². The van der Waals surface area contributed by atoms with Crippen molar-refractivity contribution in [1.29, 1.82) is 0 Å². The summed E-state index contributed by atoms with van der Waals surface area (Å²) >= 11 is 0. The molecule has 0 bridgehead atoms. The van der Waals surface area contributed by atoms with Gasteiger partial charge in [-0.2, -0.15) is 0 Å². The molecule has 0 amide bonds. The van der Waals surface area contributed by atoms with E-state index in [0.29, 0.717) is 0 Å². The van der Waals surface area contributed by atoms with E-state index in [4.69, 9.17) is 0 Å². The van der Waals surface area contributed by atoms with E-state index in [0.717, 1.165) is 47.3 Å². The van der Waals surface area contributed by atoms with Crippen molar-refractivity contribution in [1.82, 2.24) is 0 Å². The van der Waals surface area contributed by atoms with E-state index < -0.39 is 0 Å². The molecular weight excluding hydrogens is 707 g/mol. The highest BCUT2D eigenvalue weighted by Crippen LogP contribution is 2.31. The fourth-order valence-corrected chi connectivity index (χ4v) is 6.45. The van der Waals surface area contributed by atoms with Gasteiger partial charge in [-0.1, -0.05) is 316 Å². The molecule has 4 aliphatic rings. The Hall–Kier alpha value is -0.195. The van der Waals surface area contributed by atoms with Gasteiger partial charge in [0.15, 0.2) is 0 Å². The first-order valence-corrected chi connectivity index (χ1v) is 27.6. The van der Waals surface area contributed by atoms with Gasteiger partial charge in [-0.3, -0.25) is 0 Å². The molecule has 0 aliphatic heterocycles. The first-order chi connectivity index (χ1) is 28.0. The highest BCUT2D eigenvalue weighted by atomic mass is 14.2. The van der Waals surface area contributed by atoms with Crippen LogP contribution in [0.3, 0.4) is 0 Å². The third-order valence-corrected chi connectivity index (χ3v) is 9.35. The van der Waals surface area contributed by atoms with E-state index in [1.807, 2.05) is 138 Å². The summed E-state index contributed by atoms with van der Waals surface area (Å²) in [6.45, 7) is 65.2. The lowest BCUT2D eigenvalue weighted by Crippen LogP contribution is -2.12. The van der Waals surface area contributed by atoms with Crippen molar-refractivity contribution in [3.63, 3.8) is 0 Å². The zero-order chi connectivity index (χ0) is 48.9. The lowest BCUT2D eigenvalue weighted by Gasteiger charge is -2.24. The second-order valence-corrected chi connectivity index (χ2v) is 15.1. The van der Waals surface area contributed by atoms with Crippen LogP contribution in [0, 0.1) is 47.3 Å². The second kappa shape index (κ2) is 92.9. The summed E-state index contributed by atoms with van der Waals surface area (Å²) in [5.41, 5.74) is 1.67. The largest absolute Gasteiger partial charge is 0.0851 e. The molecule has 0 unspecified atom stereocenters. The van der Waals surface area contributed by atoms with E-state index >= 15 is 0 Å². The van der Waals surface area contributed by atoms with Crippen LogP contribution in [0.25, 0.3) is 0 Å². The maximum absolute atomic E-state index is 2.39. The fraction of sp³-hybridized carbons (Fsp3) is 0.966. The Morgan fingerprint density at radius 1 is 0.322 bits per heavy atom. The van der Waals surface area contributed by atoms with Crippen molar-refractivity contribution < 1.29 is 0 Å². The molecule has 0 aromatic rings. The molecule has 3 saturated carbocycles. The third kappa shape index (κ3) is 85.8. The summed E-state index contributed by atoms with van der Waals surface area (Å²) in [5, 5.41) is 0. The van der Waals surface area contributed by atoms with Crippen molar-refractivity contribution in [2.24, 2.45) is 47.3 Å². The quantitative estimate of drug-likeness (QED) is 0.195. The van der Waals surface area contributed by atoms with Crippen molar-refractivity contribution in [2.75, 3.05) is 0 Å². The Bertz CT molecular complexity index is 499. The molecule has 0 aromatic heterocycles. The lowest BCUT2D eigenvalue weighted by molar-refractivity contribution is 0.279. The standard InChI is InChI=1S/2C9H18.C8H16.C8H14.C4H10.10C2H6.B/c2*1-8(2)9-6-4-3-5-7-9;2*1-7(2)8-5-3-4-6-8;1-4(2)3;10*1-2;/h2*8-9H,3-7H2,1-2H3;7-8H,3-6H2,1-2H3;5,7H,3-4,6H2,1-2H3;4H,1-3H3;10*1-2H3;. The summed E-state index contributed by atoms with van der Waals surface area (Å²) in [6, 6.07) is 0. The maximum atomic E-state index is 2.39. The van der Waals surface area contributed by atoms with Crippen LogP contribution in [0.1, 0.15) is 324 Å². The van der Waals surface area contributed by atoms with Crippen LogP contribution in [0.4, 0.5) is 0 Å². The predicted octanol–water partition coefficient (Wildman–Crippen LogP) is 23.6. The predicted molar refractivity (Wildman–Crippen MR) is 296 cm³/mol. The molecule has 0 aromatic carbocycles. The molecule has 3 radical (unpaired) electrons. The Kier molecular flexibility index (Phi) is 141. The monoisotopic (exact) mass is 844 g/mol. The Labute approximate surface area is 389 Å². The van der Waals surface area contributed by atoms with Crippen molar-refractivity contribution in [3.8, 4) is 0 Å². The van der Waals surface area contributed by atoms with Gasteiger partial charge >= 0.3 is 0 Å². The lowest BCUT2D eigenvalue weighted by atomic mass is 9.82. The van der Waals surface area contributed by atoms with Gasteiger partial charge in [0.1, 0.15) is 0 Å². The summed E-state index contributed by atoms with van der Waals surface area (Å²) in [5.74, 6) is 7.62. The van der Waals surface area contributed by atoms with Gasteiger partial charge in [-0.05, 0) is 66.6 Å². The highest BCUT2D eigenvalue weighted by molar-refractivity contribution is 5.75. The number of hydrogen-bond donors (Lipinski definition) is 0. The smallest absolute Gasteiger partial charge is 0 e. The van der Waals surface area contributed by atoms with Crippen LogP contribution in [0.15, 0.2) is 11.6 Å². The maximum Gasteiger partial charge on any atom is 0 e. The van der Waals surface area contributed by atoms with Crippen LogP contribution >= 0.6 is 0 Å². The Balaban J connectivity index is -0.0000000425. The summed E-state index contributed by atoms with van der Waals surface area (Å²) in [6.07, 6.45) is 27.4. The highest BCUT2D eigenvalue weighted by Gasteiger charge is 2.18. The van der Waals surface area contributed by atoms with Crippen molar-refractivity contribution in [2.45, 2.75) is 324 Å². The molecule has 0 heterocycles. The topological polar surface area (TPSA) is 0 Å². The van der Waals surface area contributed by atoms with E-state index in [-0.39, 0.29) is 8.41 Å². The zero-order valence-electron chi connectivity index (χ0n) is 49.3. The van der Waals surface area contributed by atoms with E-state index in [1.165, 1.54) is 109 Å². The van der Waals surface area contributed by atoms with Gasteiger partial charge in [-0.15, -0.1) is 0 Å². The third-order valence-electron chi connectivity index (χ3n) is 9.35. The van der Waals surface area contributed by atoms with Gasteiger partial charge in [0, 0.05) is 8.41 Å². The zero-order valence-corrected chi connectivity index (χ0v) is 49.3. The fourth-order valence-electron chi connectivity index (χ4n) is 6.45. The average Bonchev–Trinajstić information content (AvgIpc) is 4.06. The molecule has 371 valence electrons. The Morgan fingerprint density at radius 3 is 0.610 bits per heavy atom. The summed E-state index contributed by atoms with van der Waals surface area (Å²) in [4.78, 5) is 0. The Morgan fingerprint density at radius 2 is 0.508 bits per heavy atom. The molecular formula is C58H136B. The first kappa shape index (κ1) is 89.7. The molecule has 59 heavy (non-hydrogen) atoms. The van der Waals surface area contributed by atoms with Crippen molar-refractivity contribution in [3.05, 3.63) is 11.6 Å². The number of rotatable bonds is 4. The number of hydrogen-bond acceptors (Lipinski definition) is 0. The SMILES string of the molecule is CC.CC.CC.CC.CC.CC.CC.CC.CC.CC.CC(C)C.CC(C)C1=CCCC1.CC(C)C1CCCC1.CC(C)C1CCCCC1.CC(C)C1CCCCC1.[B]. The van der Waals surface area contributed by atoms with Gasteiger partial charge < -0.3 is 0 Å². The first-order valence-electron chi connectivity index (χ1n) is 27.6. The minimum absolute atomic E-state index is 0. The minimum atomic E-state index is 0. The van der Waals surface area contributed by atoms with Gasteiger partial charge in [0.05, 0.1) is 0 Å². The van der Waals surface area contributed by atoms with Crippen LogP contribution in [-0.4, -0.2) is 8.41 Å². The van der Waals surface area contributed by atoms with Crippen LogP contribution < -0.4 is 0 Å². The molecule has 0 spiro atoms. The molecule has 3 fully saturated rings. The molecule has 4 aliphatic carbocycles. The van der Waals surface area contributed by atoms with E-state index in [9.17, 15) is 0 Å². The second-order valence-electron chi connectivity index (χ2n) is 15.1. The van der Waals surface area contributed by atoms with Gasteiger partial charge in [-0.25, -0.2) is 0 Å². The van der Waals surface area contributed by atoms with Gasteiger partial charge in [0.25, 0.3) is 0 Å². The van der Waals surface area contributed by atoms with E-state index in [2.05, 4.69) is 82.2 Å². The minimum Gasteiger partial charge on any atom is -0.0851 e. The van der Waals surface area contributed by atoms with Gasteiger partial charge in [0.2, 0.25) is 0 Å². The van der Waals surface area contributed by atoms with Crippen molar-refractivity contribution >= 4 is 8.41 Å². The van der Waals surface area contributed by atoms with Crippen LogP contribution in [-0.2, 0) is 0 Å². The summed E-state index contributed by atoms with van der Waals surface area (Å²) in [7, 11) is 0. The average molecular weight is 845 g/mol. The number of allylic oxidation sites excluding steroid dienone is 2. The molecule has 0 atom stereocenters. The summed E-state index contributed by atoms with van der Waals surface area (Å²) < 4.78 is 0. The normalized spacial score (nSPS) is 14.4. The molecule has 0 nitrogen and oxygen atoms in total. The van der Waals surface area contributed by atoms with Crippen LogP contribution in [0.2, 0.25) is 0 Å². The molecule has 4 rings (SSSR count). The molecule has 0 N–H and O–H groups in total.